The van der Waals surface area contributed by atoms with Gasteiger partial charge in [0.2, 0.25) is 5.88 Å². The largest absolute Gasteiger partial charge is 0.470 e. The van der Waals surface area contributed by atoms with E-state index >= 15 is 0 Å². The molecule has 0 aliphatic rings. The standard InChI is InChI=1S/C24H17N3O/c1-2-9-18(10-3-1)23-24(27-22-13-7-6-12-21(22)26-23)28-16-19-15-14-17-8-4-5-11-20(17)25-19/h1-15H,16H2. The van der Waals surface area contributed by atoms with E-state index in [-0.39, 0.29) is 0 Å². The van der Waals surface area contributed by atoms with Crippen molar-refractivity contribution in [2.24, 2.45) is 0 Å². The van der Waals surface area contributed by atoms with Crippen LogP contribution in [0.2, 0.25) is 0 Å². The van der Waals surface area contributed by atoms with Crippen molar-refractivity contribution in [1.29, 1.82) is 0 Å². The predicted molar refractivity (Wildman–Crippen MR) is 111 cm³/mol. The molecule has 4 nitrogen and oxygen atoms in total. The van der Waals surface area contributed by atoms with Crippen LogP contribution in [0.15, 0.2) is 91.0 Å². The van der Waals surface area contributed by atoms with E-state index in [1.54, 1.807) is 0 Å². The van der Waals surface area contributed by atoms with E-state index in [0.29, 0.717) is 12.5 Å². The van der Waals surface area contributed by atoms with Gasteiger partial charge in [-0.15, -0.1) is 0 Å². The predicted octanol–water partition coefficient (Wildman–Crippen LogP) is 5.42. The van der Waals surface area contributed by atoms with Crippen LogP contribution in [0, 0.1) is 0 Å². The summed E-state index contributed by atoms with van der Waals surface area (Å²) in [5, 5.41) is 1.11. The summed E-state index contributed by atoms with van der Waals surface area (Å²) in [6.07, 6.45) is 0. The molecular weight excluding hydrogens is 346 g/mol. The van der Waals surface area contributed by atoms with E-state index in [9.17, 15) is 0 Å². The quantitative estimate of drug-likeness (QED) is 0.427. The minimum atomic E-state index is 0.331. The highest BCUT2D eigenvalue weighted by atomic mass is 16.5. The van der Waals surface area contributed by atoms with Gasteiger partial charge in [0.05, 0.1) is 22.2 Å². The van der Waals surface area contributed by atoms with Crippen LogP contribution in [0.5, 0.6) is 5.88 Å². The maximum absolute atomic E-state index is 6.10. The van der Waals surface area contributed by atoms with Crippen molar-refractivity contribution in [2.45, 2.75) is 6.61 Å². The third-order valence-corrected chi connectivity index (χ3v) is 4.60. The fraction of sp³-hybridized carbons (Fsp3) is 0.0417. The zero-order chi connectivity index (χ0) is 18.8. The van der Waals surface area contributed by atoms with E-state index in [1.807, 2.05) is 78.9 Å². The molecule has 0 N–H and O–H groups in total. The van der Waals surface area contributed by atoms with E-state index in [2.05, 4.69) is 17.1 Å². The molecule has 0 aliphatic heterocycles. The van der Waals surface area contributed by atoms with Gasteiger partial charge >= 0.3 is 0 Å². The molecule has 28 heavy (non-hydrogen) atoms. The van der Waals surface area contributed by atoms with Crippen molar-refractivity contribution in [1.82, 2.24) is 15.0 Å². The van der Waals surface area contributed by atoms with Crippen molar-refractivity contribution in [2.75, 3.05) is 0 Å². The maximum Gasteiger partial charge on any atom is 0.241 e. The number of nitrogens with zero attached hydrogens (tertiary/aromatic N) is 3. The molecule has 0 bridgehead atoms. The number of pyridine rings is 1. The highest BCUT2D eigenvalue weighted by molar-refractivity contribution is 5.80. The molecule has 0 radical (unpaired) electrons. The number of ether oxygens (including phenoxy) is 1. The topological polar surface area (TPSA) is 47.9 Å². The molecule has 0 fully saturated rings. The van der Waals surface area contributed by atoms with Crippen molar-refractivity contribution >= 4 is 21.9 Å². The third kappa shape index (κ3) is 3.16. The van der Waals surface area contributed by atoms with Gasteiger partial charge < -0.3 is 4.74 Å². The summed E-state index contributed by atoms with van der Waals surface area (Å²) >= 11 is 0. The van der Waals surface area contributed by atoms with Gasteiger partial charge in [-0.2, -0.15) is 0 Å². The Hall–Kier alpha value is -3.79. The highest BCUT2D eigenvalue weighted by Crippen LogP contribution is 2.29. The Bertz CT molecular complexity index is 1270. The molecule has 0 saturated carbocycles. The first-order chi connectivity index (χ1) is 13.9. The highest BCUT2D eigenvalue weighted by Gasteiger charge is 2.13. The van der Waals surface area contributed by atoms with Gasteiger partial charge in [-0.05, 0) is 24.3 Å². The fourth-order valence-electron chi connectivity index (χ4n) is 3.20. The summed E-state index contributed by atoms with van der Waals surface area (Å²) in [5.41, 5.74) is 5.17. The Labute approximate surface area is 162 Å². The second kappa shape index (κ2) is 7.08. The summed E-state index contributed by atoms with van der Waals surface area (Å²) in [5.74, 6) is 0.514. The van der Waals surface area contributed by atoms with Crippen molar-refractivity contribution in [3.05, 3.63) is 96.7 Å². The number of rotatable bonds is 4. The first-order valence-electron chi connectivity index (χ1n) is 9.16. The van der Waals surface area contributed by atoms with E-state index in [4.69, 9.17) is 14.7 Å². The van der Waals surface area contributed by atoms with Gasteiger partial charge in [0, 0.05) is 10.9 Å². The smallest absolute Gasteiger partial charge is 0.241 e. The number of benzene rings is 3. The van der Waals surface area contributed by atoms with Crippen LogP contribution >= 0.6 is 0 Å². The van der Waals surface area contributed by atoms with Gasteiger partial charge in [-0.1, -0.05) is 66.7 Å². The normalized spacial score (nSPS) is 11.0. The molecule has 5 aromatic rings. The number of hydrogen-bond donors (Lipinski definition) is 0. The Morgan fingerprint density at radius 1 is 0.571 bits per heavy atom. The zero-order valence-corrected chi connectivity index (χ0v) is 15.1. The second-order valence-corrected chi connectivity index (χ2v) is 6.52. The molecule has 134 valence electrons. The molecule has 0 unspecified atom stereocenters. The monoisotopic (exact) mass is 363 g/mol. The van der Waals surface area contributed by atoms with E-state index in [0.717, 1.165) is 38.9 Å². The zero-order valence-electron chi connectivity index (χ0n) is 15.1. The average Bonchev–Trinajstić information content (AvgIpc) is 2.77. The lowest BCUT2D eigenvalue weighted by Crippen LogP contribution is -2.03. The van der Waals surface area contributed by atoms with E-state index in [1.165, 1.54) is 0 Å². The van der Waals surface area contributed by atoms with Gasteiger partial charge in [-0.25, -0.2) is 15.0 Å². The molecule has 2 heterocycles. The average molecular weight is 363 g/mol. The first kappa shape index (κ1) is 16.4. The van der Waals surface area contributed by atoms with E-state index < -0.39 is 0 Å². The number of para-hydroxylation sites is 3. The van der Waals surface area contributed by atoms with Gasteiger partial charge in [0.15, 0.2) is 0 Å². The van der Waals surface area contributed by atoms with Gasteiger partial charge in [-0.3, -0.25) is 0 Å². The summed E-state index contributed by atoms with van der Waals surface area (Å²) in [7, 11) is 0. The van der Waals surface area contributed by atoms with Crippen LogP contribution in [-0.4, -0.2) is 15.0 Å². The SMILES string of the molecule is c1ccc(-c2nc3ccccc3nc2OCc2ccc3ccccc3n2)cc1. The van der Waals surface area contributed by atoms with Gasteiger partial charge in [0.25, 0.3) is 0 Å². The first-order valence-corrected chi connectivity index (χ1v) is 9.16. The molecule has 4 heteroatoms. The maximum atomic E-state index is 6.10. The summed E-state index contributed by atoms with van der Waals surface area (Å²) in [6.45, 7) is 0.331. The molecule has 5 rings (SSSR count). The number of hydrogen-bond acceptors (Lipinski definition) is 4. The lowest BCUT2D eigenvalue weighted by atomic mass is 10.1. The van der Waals surface area contributed by atoms with Crippen LogP contribution in [-0.2, 0) is 6.61 Å². The van der Waals surface area contributed by atoms with Crippen LogP contribution < -0.4 is 4.74 Å². The van der Waals surface area contributed by atoms with Gasteiger partial charge in [0.1, 0.15) is 12.3 Å². The Balaban J connectivity index is 1.53. The van der Waals surface area contributed by atoms with Crippen molar-refractivity contribution < 1.29 is 4.74 Å². The van der Waals surface area contributed by atoms with Crippen LogP contribution in [0.4, 0.5) is 0 Å². The minimum absolute atomic E-state index is 0.331. The molecule has 0 amide bonds. The molecule has 2 aromatic heterocycles. The van der Waals surface area contributed by atoms with Crippen LogP contribution in [0.1, 0.15) is 5.69 Å². The molecule has 0 atom stereocenters. The van der Waals surface area contributed by atoms with Crippen LogP contribution in [0.25, 0.3) is 33.2 Å². The fourth-order valence-corrected chi connectivity index (χ4v) is 3.20. The van der Waals surface area contributed by atoms with Crippen molar-refractivity contribution in [3.63, 3.8) is 0 Å². The second-order valence-electron chi connectivity index (χ2n) is 6.52. The molecule has 0 saturated heterocycles. The molecule has 0 aliphatic carbocycles. The third-order valence-electron chi connectivity index (χ3n) is 4.60. The molecule has 0 spiro atoms. The summed E-state index contributed by atoms with van der Waals surface area (Å²) < 4.78 is 6.10. The number of fused-ring (bicyclic) bond motifs is 2. The molecular formula is C24H17N3O. The Morgan fingerprint density at radius 3 is 2.07 bits per heavy atom. The Kier molecular flexibility index (Phi) is 4.14. The minimum Gasteiger partial charge on any atom is -0.470 e. The summed E-state index contributed by atoms with van der Waals surface area (Å²) in [6, 6.07) is 29.9. The molecule has 3 aromatic carbocycles. The lowest BCUT2D eigenvalue weighted by Gasteiger charge is -2.11. The Morgan fingerprint density at radius 2 is 1.25 bits per heavy atom. The lowest BCUT2D eigenvalue weighted by molar-refractivity contribution is 0.291. The van der Waals surface area contributed by atoms with Crippen LogP contribution in [0.3, 0.4) is 0 Å². The summed E-state index contributed by atoms with van der Waals surface area (Å²) in [4.78, 5) is 14.2. The van der Waals surface area contributed by atoms with Crippen molar-refractivity contribution in [3.8, 4) is 17.1 Å². The number of aromatic nitrogens is 3.